The van der Waals surface area contributed by atoms with E-state index in [0.717, 1.165) is 28.1 Å². The number of hydroxylamine groups is 1. The van der Waals surface area contributed by atoms with Crippen molar-refractivity contribution in [3.05, 3.63) is 65.4 Å². The summed E-state index contributed by atoms with van der Waals surface area (Å²) in [5.74, 6) is 0.423. The topological polar surface area (TPSA) is 65.4 Å². The van der Waals surface area contributed by atoms with E-state index >= 15 is 0 Å². The van der Waals surface area contributed by atoms with E-state index in [2.05, 4.69) is 5.48 Å². The van der Waals surface area contributed by atoms with Crippen molar-refractivity contribution < 1.29 is 14.4 Å². The van der Waals surface area contributed by atoms with Crippen molar-refractivity contribution in [1.29, 1.82) is 0 Å². The van der Waals surface area contributed by atoms with Gasteiger partial charge in [-0.3, -0.25) is 9.63 Å². The first kappa shape index (κ1) is 18.7. The number of hydrogen-bond acceptors (Lipinski definition) is 4. The molecule has 1 amide bonds. The second-order valence-electron chi connectivity index (χ2n) is 6.21. The second-order valence-corrected chi connectivity index (χ2v) is 6.21. The highest BCUT2D eigenvalue weighted by atomic mass is 16.6. The highest BCUT2D eigenvalue weighted by Gasteiger charge is 2.19. The van der Waals surface area contributed by atoms with Crippen LogP contribution in [0.1, 0.15) is 28.5 Å². The van der Waals surface area contributed by atoms with Crippen LogP contribution < -0.4 is 10.2 Å². The molecule has 0 radical (unpaired) electrons. The van der Waals surface area contributed by atoms with Crippen LogP contribution in [0.15, 0.2) is 48.5 Å². The van der Waals surface area contributed by atoms with Gasteiger partial charge < -0.3 is 4.74 Å². The zero-order valence-electron chi connectivity index (χ0n) is 15.9. The fourth-order valence-electron chi connectivity index (χ4n) is 2.77. The van der Waals surface area contributed by atoms with E-state index in [1.54, 1.807) is 17.9 Å². The van der Waals surface area contributed by atoms with Crippen LogP contribution in [-0.4, -0.2) is 29.4 Å². The lowest BCUT2D eigenvalue weighted by atomic mass is 10.1. The third-order valence-corrected chi connectivity index (χ3v) is 4.23. The summed E-state index contributed by atoms with van der Waals surface area (Å²) >= 11 is 0. The summed E-state index contributed by atoms with van der Waals surface area (Å²) in [6, 6.07) is 15.4. The quantitative estimate of drug-likeness (QED) is 0.674. The van der Waals surface area contributed by atoms with E-state index in [9.17, 15) is 4.79 Å². The molecule has 27 heavy (non-hydrogen) atoms. The van der Waals surface area contributed by atoms with Gasteiger partial charge in [-0.15, -0.1) is 0 Å². The second kappa shape index (κ2) is 8.05. The molecule has 0 saturated heterocycles. The zero-order valence-corrected chi connectivity index (χ0v) is 15.9. The maximum Gasteiger partial charge on any atom is 0.293 e. The Morgan fingerprint density at radius 2 is 1.85 bits per heavy atom. The highest BCUT2D eigenvalue weighted by Crippen LogP contribution is 2.25. The predicted molar refractivity (Wildman–Crippen MR) is 104 cm³/mol. The lowest BCUT2D eigenvalue weighted by Gasteiger charge is -2.11. The van der Waals surface area contributed by atoms with Crippen LogP contribution in [-0.2, 0) is 4.84 Å². The zero-order chi connectivity index (χ0) is 19.4. The summed E-state index contributed by atoms with van der Waals surface area (Å²) in [6.07, 6.45) is 0. The normalized spacial score (nSPS) is 10.7. The average Bonchev–Trinajstić information content (AvgIpc) is 3.13. The summed E-state index contributed by atoms with van der Waals surface area (Å²) in [5, 5.41) is 4.70. The fraction of sp³-hybridized carbons (Fsp3) is 0.238. The first-order chi connectivity index (χ1) is 13.0. The van der Waals surface area contributed by atoms with Crippen molar-refractivity contribution >= 4 is 5.91 Å². The van der Waals surface area contributed by atoms with Crippen LogP contribution in [0.3, 0.4) is 0 Å². The Labute approximate surface area is 158 Å². The number of nitrogens with zero attached hydrogens (tertiary/aromatic N) is 2. The molecule has 6 nitrogen and oxygen atoms in total. The molecule has 1 aromatic heterocycles. The number of nitrogens with one attached hydrogen (secondary N) is 1. The Balaban J connectivity index is 2.10. The molecule has 2 aromatic carbocycles. The van der Waals surface area contributed by atoms with Gasteiger partial charge >= 0.3 is 0 Å². The van der Waals surface area contributed by atoms with Crippen molar-refractivity contribution in [2.24, 2.45) is 0 Å². The van der Waals surface area contributed by atoms with E-state index in [0.29, 0.717) is 18.0 Å². The van der Waals surface area contributed by atoms with Crippen molar-refractivity contribution in [1.82, 2.24) is 15.3 Å². The van der Waals surface area contributed by atoms with Gasteiger partial charge in [0.2, 0.25) is 0 Å². The molecule has 3 rings (SSSR count). The van der Waals surface area contributed by atoms with Crippen molar-refractivity contribution in [2.75, 3.05) is 13.7 Å². The van der Waals surface area contributed by atoms with Gasteiger partial charge in [0.05, 0.1) is 25.1 Å². The molecule has 0 atom stereocenters. The maximum atomic E-state index is 12.6. The molecule has 0 aliphatic heterocycles. The molecule has 0 spiro atoms. The number of hydrogen-bond donors (Lipinski definition) is 1. The molecule has 1 heterocycles. The summed E-state index contributed by atoms with van der Waals surface area (Å²) in [6.45, 7) is 6.20. The number of carbonyl (C=O) groups excluding carboxylic acids is 1. The first-order valence-corrected chi connectivity index (χ1v) is 8.77. The number of ether oxygens (including phenoxy) is 1. The minimum atomic E-state index is -0.343. The molecule has 3 aromatic rings. The molecule has 0 aliphatic carbocycles. The summed E-state index contributed by atoms with van der Waals surface area (Å²) < 4.78 is 6.87. The van der Waals surface area contributed by atoms with E-state index in [-0.39, 0.29) is 5.91 Å². The Bertz CT molecular complexity index is 946. The Morgan fingerprint density at radius 3 is 2.52 bits per heavy atom. The number of rotatable bonds is 6. The summed E-state index contributed by atoms with van der Waals surface area (Å²) in [5.41, 5.74) is 7.42. The standard InChI is InChI=1S/C21H23N3O3/c1-5-27-23-21(25)20-13-18(16-8-10-17(26-4)11-9-16)22-24(20)19-12-14(2)6-7-15(19)3/h6-13H,5H2,1-4H3,(H,23,25). The first-order valence-electron chi connectivity index (χ1n) is 8.77. The fourth-order valence-corrected chi connectivity index (χ4v) is 2.77. The van der Waals surface area contributed by atoms with Crippen molar-refractivity contribution in [3.63, 3.8) is 0 Å². The van der Waals surface area contributed by atoms with E-state index in [1.165, 1.54) is 0 Å². The predicted octanol–water partition coefficient (Wildman–Crippen LogP) is 3.85. The van der Waals surface area contributed by atoms with Crippen LogP contribution in [0.4, 0.5) is 0 Å². The molecule has 0 bridgehead atoms. The van der Waals surface area contributed by atoms with Gasteiger partial charge in [0.1, 0.15) is 11.4 Å². The highest BCUT2D eigenvalue weighted by molar-refractivity contribution is 5.93. The number of amides is 1. The van der Waals surface area contributed by atoms with Gasteiger partial charge in [-0.25, -0.2) is 10.2 Å². The lowest BCUT2D eigenvalue weighted by Crippen LogP contribution is -2.26. The maximum absolute atomic E-state index is 12.6. The van der Waals surface area contributed by atoms with E-state index in [4.69, 9.17) is 14.7 Å². The minimum absolute atomic E-state index is 0.343. The van der Waals surface area contributed by atoms with Crippen LogP contribution in [0.5, 0.6) is 5.75 Å². The van der Waals surface area contributed by atoms with Gasteiger partial charge in [-0.05, 0) is 68.3 Å². The molecule has 0 fully saturated rings. The molecule has 0 unspecified atom stereocenters. The van der Waals surface area contributed by atoms with Gasteiger partial charge in [0.15, 0.2) is 0 Å². The molecule has 140 valence electrons. The molecule has 6 heteroatoms. The third kappa shape index (κ3) is 4.01. The lowest BCUT2D eigenvalue weighted by molar-refractivity contribution is 0.0357. The van der Waals surface area contributed by atoms with Crippen LogP contribution in [0.25, 0.3) is 16.9 Å². The average molecular weight is 365 g/mol. The van der Waals surface area contributed by atoms with Gasteiger partial charge in [0.25, 0.3) is 5.91 Å². The molecule has 0 aliphatic rings. The van der Waals surface area contributed by atoms with Crippen molar-refractivity contribution in [3.8, 4) is 22.7 Å². The summed E-state index contributed by atoms with van der Waals surface area (Å²) in [4.78, 5) is 17.7. The Hall–Kier alpha value is -3.12. The Kier molecular flexibility index (Phi) is 5.57. The summed E-state index contributed by atoms with van der Waals surface area (Å²) in [7, 11) is 1.63. The molecular formula is C21H23N3O3. The van der Waals surface area contributed by atoms with E-state index < -0.39 is 0 Å². The van der Waals surface area contributed by atoms with Crippen LogP contribution in [0.2, 0.25) is 0 Å². The van der Waals surface area contributed by atoms with Gasteiger partial charge in [-0.1, -0.05) is 12.1 Å². The third-order valence-electron chi connectivity index (χ3n) is 4.23. The van der Waals surface area contributed by atoms with Crippen molar-refractivity contribution in [2.45, 2.75) is 20.8 Å². The molecular weight excluding hydrogens is 342 g/mol. The Morgan fingerprint density at radius 1 is 1.11 bits per heavy atom. The van der Waals surface area contributed by atoms with Crippen LogP contribution in [0, 0.1) is 13.8 Å². The van der Waals surface area contributed by atoms with Crippen LogP contribution >= 0.6 is 0 Å². The molecule has 1 N–H and O–H groups in total. The van der Waals surface area contributed by atoms with Gasteiger partial charge in [-0.2, -0.15) is 5.10 Å². The largest absolute Gasteiger partial charge is 0.497 e. The smallest absolute Gasteiger partial charge is 0.293 e. The minimum Gasteiger partial charge on any atom is -0.497 e. The number of benzene rings is 2. The number of aromatic nitrogens is 2. The number of aryl methyl sites for hydroxylation is 2. The molecule has 0 saturated carbocycles. The monoisotopic (exact) mass is 365 g/mol. The SMILES string of the molecule is CCONC(=O)c1cc(-c2ccc(OC)cc2)nn1-c1cc(C)ccc1C. The van der Waals surface area contributed by atoms with E-state index in [1.807, 2.05) is 63.2 Å². The number of methoxy groups -OCH3 is 1. The van der Waals surface area contributed by atoms with Gasteiger partial charge in [0, 0.05) is 5.56 Å². The number of carbonyl (C=O) groups is 1.